The largest absolute Gasteiger partial charge is 0.302 e. The van der Waals surface area contributed by atoms with Crippen LogP contribution < -0.4 is 0 Å². The highest BCUT2D eigenvalue weighted by Gasteiger charge is 2.18. The van der Waals surface area contributed by atoms with Crippen molar-refractivity contribution in [3.05, 3.63) is 39.4 Å². The number of hydrogen-bond donors (Lipinski definition) is 0. The summed E-state index contributed by atoms with van der Waals surface area (Å²) in [4.78, 5) is 10.1. The Morgan fingerprint density at radius 1 is 1.44 bits per heavy atom. The number of nitro benzene ring substituents is 1. The molecule has 88 valence electrons. The Kier molecular flexibility index (Phi) is 3.58. The van der Waals surface area contributed by atoms with Crippen LogP contribution in [0.4, 0.5) is 9.57 Å². The maximum absolute atomic E-state index is 12.3. The lowest BCUT2D eigenvalue weighted by Crippen LogP contribution is -2.06. The number of aryl methyl sites for hydroxylation is 1. The summed E-state index contributed by atoms with van der Waals surface area (Å²) in [7, 11) is -4.60. The second-order valence-electron chi connectivity index (χ2n) is 3.32. The van der Waals surface area contributed by atoms with Gasteiger partial charge in [0.2, 0.25) is 0 Å². The first-order valence-corrected chi connectivity index (χ1v) is 6.02. The van der Waals surface area contributed by atoms with Crippen molar-refractivity contribution in [2.45, 2.75) is 13.3 Å². The van der Waals surface area contributed by atoms with E-state index in [0.717, 1.165) is 0 Å². The first-order valence-electron chi connectivity index (χ1n) is 4.46. The summed E-state index contributed by atoms with van der Waals surface area (Å²) in [6.07, 6.45) is -0.193. The van der Waals surface area contributed by atoms with Crippen LogP contribution in [0.25, 0.3) is 0 Å². The van der Waals surface area contributed by atoms with Gasteiger partial charge in [0, 0.05) is 11.6 Å². The zero-order valence-corrected chi connectivity index (χ0v) is 9.33. The van der Waals surface area contributed by atoms with E-state index in [1.807, 2.05) is 0 Å². The average molecular weight is 247 g/mol. The van der Waals surface area contributed by atoms with Crippen LogP contribution in [-0.2, 0) is 16.6 Å². The van der Waals surface area contributed by atoms with Gasteiger partial charge < -0.3 is 0 Å². The molecule has 0 aliphatic rings. The Morgan fingerprint density at radius 3 is 2.56 bits per heavy atom. The van der Waals surface area contributed by atoms with E-state index in [2.05, 4.69) is 0 Å². The van der Waals surface area contributed by atoms with Gasteiger partial charge in [-0.2, -0.15) is 8.42 Å². The lowest BCUT2D eigenvalue weighted by molar-refractivity contribution is -0.385. The van der Waals surface area contributed by atoms with Gasteiger partial charge in [-0.15, -0.1) is 3.89 Å². The molecule has 0 atom stereocenters. The third-order valence-electron chi connectivity index (χ3n) is 2.18. The maximum atomic E-state index is 12.3. The monoisotopic (exact) mass is 247 g/mol. The highest BCUT2D eigenvalue weighted by molar-refractivity contribution is 7.86. The molecule has 0 amide bonds. The molecule has 0 saturated carbocycles. The number of nitro groups is 1. The fraction of sp³-hybridized carbons (Fsp3) is 0.333. The van der Waals surface area contributed by atoms with E-state index in [4.69, 9.17) is 0 Å². The molecule has 1 rings (SSSR count). The predicted molar refractivity (Wildman–Crippen MR) is 56.4 cm³/mol. The second-order valence-corrected chi connectivity index (χ2v) is 4.81. The molecule has 0 N–H and O–H groups in total. The molecule has 0 aliphatic carbocycles. The first-order chi connectivity index (χ1) is 7.31. The zero-order valence-electron chi connectivity index (χ0n) is 8.51. The Bertz CT molecular complexity index is 512. The average Bonchev–Trinajstić information content (AvgIpc) is 2.13. The third kappa shape index (κ3) is 3.27. The number of benzene rings is 1. The van der Waals surface area contributed by atoms with Gasteiger partial charge in [-0.3, -0.25) is 10.1 Å². The van der Waals surface area contributed by atoms with Crippen molar-refractivity contribution < 1.29 is 17.2 Å². The minimum Gasteiger partial charge on any atom is -0.258 e. The molecule has 0 bridgehead atoms. The minimum atomic E-state index is -4.60. The summed E-state index contributed by atoms with van der Waals surface area (Å²) in [5, 5.41) is 10.7. The van der Waals surface area contributed by atoms with Gasteiger partial charge in [-0.1, -0.05) is 12.1 Å². The molecule has 0 radical (unpaired) electrons. The molecule has 16 heavy (non-hydrogen) atoms. The van der Waals surface area contributed by atoms with E-state index in [1.165, 1.54) is 12.1 Å². The molecular weight excluding hydrogens is 237 g/mol. The number of halogens is 1. The minimum absolute atomic E-state index is 0.177. The van der Waals surface area contributed by atoms with Crippen molar-refractivity contribution in [2.24, 2.45) is 0 Å². The third-order valence-corrected chi connectivity index (χ3v) is 2.87. The summed E-state index contributed by atoms with van der Waals surface area (Å²) < 4.78 is 33.1. The van der Waals surface area contributed by atoms with Gasteiger partial charge in [0.05, 0.1) is 10.7 Å². The van der Waals surface area contributed by atoms with Gasteiger partial charge in [0.1, 0.15) is 0 Å². The molecule has 0 aromatic heterocycles. The smallest absolute Gasteiger partial charge is 0.258 e. The zero-order chi connectivity index (χ0) is 12.3. The highest BCUT2D eigenvalue weighted by Crippen LogP contribution is 2.22. The van der Waals surface area contributed by atoms with Crippen molar-refractivity contribution in [1.29, 1.82) is 0 Å². The fourth-order valence-electron chi connectivity index (χ4n) is 1.41. The molecule has 0 aliphatic heterocycles. The molecule has 0 heterocycles. The number of rotatable bonds is 4. The lowest BCUT2D eigenvalue weighted by atomic mass is 10.0. The Labute approximate surface area is 92.3 Å². The van der Waals surface area contributed by atoms with Crippen LogP contribution in [0.5, 0.6) is 0 Å². The molecule has 7 heteroatoms. The van der Waals surface area contributed by atoms with E-state index < -0.39 is 20.9 Å². The Hall–Kier alpha value is -1.50. The van der Waals surface area contributed by atoms with E-state index in [9.17, 15) is 22.4 Å². The van der Waals surface area contributed by atoms with Crippen LogP contribution >= 0.6 is 0 Å². The summed E-state index contributed by atoms with van der Waals surface area (Å²) in [5.41, 5.74) is 0.662. The van der Waals surface area contributed by atoms with Gasteiger partial charge in [-0.05, 0) is 18.9 Å². The first kappa shape index (κ1) is 12.6. The topological polar surface area (TPSA) is 77.3 Å². The normalized spacial score (nSPS) is 11.4. The predicted octanol–water partition coefficient (Wildman–Crippen LogP) is 1.75. The van der Waals surface area contributed by atoms with E-state index in [0.29, 0.717) is 5.56 Å². The van der Waals surface area contributed by atoms with Crippen LogP contribution in [-0.4, -0.2) is 19.1 Å². The molecule has 0 saturated heterocycles. The summed E-state index contributed by atoms with van der Waals surface area (Å²) >= 11 is 0. The van der Waals surface area contributed by atoms with Gasteiger partial charge >= 0.3 is 10.2 Å². The molecular formula is C9H10FNO4S. The molecule has 0 fully saturated rings. The SMILES string of the molecule is Cc1cccc([N+](=O)[O-])c1CCS(=O)(=O)F. The molecule has 5 nitrogen and oxygen atoms in total. The van der Waals surface area contributed by atoms with Crippen LogP contribution in [0.15, 0.2) is 18.2 Å². The van der Waals surface area contributed by atoms with E-state index in [-0.39, 0.29) is 17.7 Å². The quantitative estimate of drug-likeness (QED) is 0.461. The number of nitrogens with zero attached hydrogens (tertiary/aromatic N) is 1. The molecule has 1 aromatic rings. The Morgan fingerprint density at radius 2 is 2.06 bits per heavy atom. The van der Waals surface area contributed by atoms with Crippen molar-refractivity contribution in [1.82, 2.24) is 0 Å². The van der Waals surface area contributed by atoms with E-state index in [1.54, 1.807) is 13.0 Å². The molecule has 0 unspecified atom stereocenters. The lowest BCUT2D eigenvalue weighted by Gasteiger charge is -2.04. The molecule has 1 aromatic carbocycles. The van der Waals surface area contributed by atoms with Gasteiger partial charge in [0.15, 0.2) is 0 Å². The highest BCUT2D eigenvalue weighted by atomic mass is 32.3. The van der Waals surface area contributed by atoms with Gasteiger partial charge in [0.25, 0.3) is 5.69 Å². The van der Waals surface area contributed by atoms with Crippen LogP contribution in [0.1, 0.15) is 11.1 Å². The standard InChI is InChI=1S/C9H10FNO4S/c1-7-3-2-4-9(11(12)13)8(7)5-6-16(10,14)15/h2-4H,5-6H2,1H3. The van der Waals surface area contributed by atoms with Crippen molar-refractivity contribution in [2.75, 3.05) is 5.75 Å². The van der Waals surface area contributed by atoms with E-state index >= 15 is 0 Å². The molecule has 0 spiro atoms. The summed E-state index contributed by atoms with van der Waals surface area (Å²) in [6, 6.07) is 4.39. The van der Waals surface area contributed by atoms with Crippen LogP contribution in [0.3, 0.4) is 0 Å². The summed E-state index contributed by atoms with van der Waals surface area (Å²) in [6.45, 7) is 1.62. The maximum Gasteiger partial charge on any atom is 0.302 e. The van der Waals surface area contributed by atoms with Crippen LogP contribution in [0, 0.1) is 17.0 Å². The van der Waals surface area contributed by atoms with Gasteiger partial charge in [-0.25, -0.2) is 0 Å². The summed E-state index contributed by atoms with van der Waals surface area (Å²) in [5.74, 6) is -0.737. The van der Waals surface area contributed by atoms with Crippen molar-refractivity contribution in [3.8, 4) is 0 Å². The van der Waals surface area contributed by atoms with Crippen molar-refractivity contribution in [3.63, 3.8) is 0 Å². The van der Waals surface area contributed by atoms with Crippen molar-refractivity contribution >= 4 is 15.9 Å². The number of hydrogen-bond acceptors (Lipinski definition) is 4. The van der Waals surface area contributed by atoms with Crippen LogP contribution in [0.2, 0.25) is 0 Å². The Balaban J connectivity index is 3.07. The second kappa shape index (κ2) is 4.56. The fourth-order valence-corrected chi connectivity index (χ4v) is 1.85.